The van der Waals surface area contributed by atoms with Gasteiger partial charge >= 0.3 is 0 Å². The summed E-state index contributed by atoms with van der Waals surface area (Å²) in [6.07, 6.45) is 6.89. The Morgan fingerprint density at radius 2 is 1.88 bits per heavy atom. The summed E-state index contributed by atoms with van der Waals surface area (Å²) in [7, 11) is -0.841. The third kappa shape index (κ3) is 4.42. The van der Waals surface area contributed by atoms with E-state index in [4.69, 9.17) is 0 Å². The second kappa shape index (κ2) is 6.60. The minimum atomic E-state index is -2.79. The minimum Gasteiger partial charge on any atom is -0.317 e. The molecule has 0 aliphatic heterocycles. The van der Waals surface area contributed by atoms with E-state index in [1.165, 1.54) is 0 Å². The predicted octanol–water partition coefficient (Wildman–Crippen LogP) is 2.12. The Morgan fingerprint density at radius 3 is 2.44 bits per heavy atom. The van der Waals surface area contributed by atoms with Crippen molar-refractivity contribution >= 4 is 9.84 Å². The van der Waals surface area contributed by atoms with Crippen LogP contribution in [0, 0.1) is 0 Å². The van der Waals surface area contributed by atoms with Crippen LogP contribution in [0.1, 0.15) is 51.9 Å². The molecule has 4 heteroatoms. The third-order valence-electron chi connectivity index (χ3n) is 3.62. The Hall–Kier alpha value is -0.0900. The Labute approximate surface area is 99.9 Å². The van der Waals surface area contributed by atoms with Gasteiger partial charge in [0, 0.05) is 6.04 Å². The van der Waals surface area contributed by atoms with Crippen LogP contribution in [0.4, 0.5) is 0 Å². The molecule has 0 aromatic carbocycles. The molecule has 0 saturated heterocycles. The minimum absolute atomic E-state index is 0.0192. The topological polar surface area (TPSA) is 46.2 Å². The second-order valence-corrected chi connectivity index (χ2v) is 7.36. The molecule has 1 N–H and O–H groups in total. The highest BCUT2D eigenvalue weighted by atomic mass is 32.2. The standard InChI is InChI=1S/C12H25NO2S/c1-11(13-2)7-5-6-10-16(14,15)12-8-3-4-9-12/h11-13H,3-10H2,1-2H3. The Kier molecular flexibility index (Phi) is 5.76. The van der Waals surface area contributed by atoms with Gasteiger partial charge in [0.2, 0.25) is 0 Å². The normalized spacial score (nSPS) is 20.1. The summed E-state index contributed by atoms with van der Waals surface area (Å²) in [4.78, 5) is 0. The molecule has 0 spiro atoms. The zero-order valence-electron chi connectivity index (χ0n) is 10.5. The van der Waals surface area contributed by atoms with Crippen LogP contribution in [0.15, 0.2) is 0 Å². The van der Waals surface area contributed by atoms with E-state index >= 15 is 0 Å². The Balaban J connectivity index is 2.20. The first-order valence-corrected chi connectivity index (χ1v) is 8.16. The number of unbranched alkanes of at least 4 members (excludes halogenated alkanes) is 1. The van der Waals surface area contributed by atoms with E-state index in [0.29, 0.717) is 11.8 Å². The highest BCUT2D eigenvalue weighted by Gasteiger charge is 2.27. The monoisotopic (exact) mass is 247 g/mol. The molecular formula is C12H25NO2S. The first-order chi connectivity index (χ1) is 7.56. The van der Waals surface area contributed by atoms with Gasteiger partial charge in [0.15, 0.2) is 9.84 Å². The molecule has 96 valence electrons. The zero-order valence-corrected chi connectivity index (χ0v) is 11.4. The Bertz CT molecular complexity index is 281. The first-order valence-electron chi connectivity index (χ1n) is 6.45. The third-order valence-corrected chi connectivity index (χ3v) is 5.96. The number of sulfone groups is 1. The van der Waals surface area contributed by atoms with Crippen molar-refractivity contribution in [3.63, 3.8) is 0 Å². The van der Waals surface area contributed by atoms with E-state index < -0.39 is 9.84 Å². The highest BCUT2D eigenvalue weighted by Crippen LogP contribution is 2.25. The van der Waals surface area contributed by atoms with Crippen molar-refractivity contribution in [1.82, 2.24) is 5.32 Å². The first kappa shape index (κ1) is 14.0. The number of nitrogens with one attached hydrogen (secondary N) is 1. The molecule has 0 radical (unpaired) electrons. The molecule has 0 aromatic heterocycles. The van der Waals surface area contributed by atoms with E-state index in [0.717, 1.165) is 44.9 Å². The molecule has 0 amide bonds. The van der Waals surface area contributed by atoms with Crippen LogP contribution in [-0.2, 0) is 9.84 Å². The average Bonchev–Trinajstić information content (AvgIpc) is 2.78. The Morgan fingerprint density at radius 1 is 1.25 bits per heavy atom. The molecule has 1 aliphatic rings. The number of hydrogen-bond acceptors (Lipinski definition) is 3. The van der Waals surface area contributed by atoms with E-state index in [-0.39, 0.29) is 5.25 Å². The number of rotatable bonds is 7. The molecule has 1 unspecified atom stereocenters. The fraction of sp³-hybridized carbons (Fsp3) is 1.00. The maximum Gasteiger partial charge on any atom is 0.153 e. The fourth-order valence-corrected chi connectivity index (χ4v) is 4.30. The summed E-state index contributed by atoms with van der Waals surface area (Å²) in [6, 6.07) is 0.495. The largest absolute Gasteiger partial charge is 0.317 e. The maximum absolute atomic E-state index is 11.9. The average molecular weight is 247 g/mol. The molecule has 1 aliphatic carbocycles. The maximum atomic E-state index is 11.9. The van der Waals surface area contributed by atoms with Gasteiger partial charge in [0.25, 0.3) is 0 Å². The zero-order chi connectivity index (χ0) is 12.0. The van der Waals surface area contributed by atoms with E-state index in [2.05, 4.69) is 12.2 Å². The molecule has 0 aromatic rings. The fourth-order valence-electron chi connectivity index (χ4n) is 2.31. The summed E-state index contributed by atoms with van der Waals surface area (Å²) >= 11 is 0. The van der Waals surface area contributed by atoms with Gasteiger partial charge in [0.05, 0.1) is 11.0 Å². The van der Waals surface area contributed by atoms with Crippen molar-refractivity contribution in [2.75, 3.05) is 12.8 Å². The highest BCUT2D eigenvalue weighted by molar-refractivity contribution is 7.92. The lowest BCUT2D eigenvalue weighted by Crippen LogP contribution is -2.23. The molecule has 1 saturated carbocycles. The van der Waals surface area contributed by atoms with Crippen molar-refractivity contribution < 1.29 is 8.42 Å². The van der Waals surface area contributed by atoms with Crippen LogP contribution in [0.25, 0.3) is 0 Å². The van der Waals surface area contributed by atoms with Gasteiger partial charge < -0.3 is 5.32 Å². The molecule has 1 atom stereocenters. The molecule has 16 heavy (non-hydrogen) atoms. The van der Waals surface area contributed by atoms with E-state index in [1.54, 1.807) is 0 Å². The smallest absolute Gasteiger partial charge is 0.153 e. The van der Waals surface area contributed by atoms with Gasteiger partial charge in [-0.25, -0.2) is 8.42 Å². The summed E-state index contributed by atoms with van der Waals surface area (Å²) < 4.78 is 23.9. The van der Waals surface area contributed by atoms with Crippen LogP contribution in [0.5, 0.6) is 0 Å². The van der Waals surface area contributed by atoms with E-state index in [9.17, 15) is 8.42 Å². The summed E-state index contributed by atoms with van der Waals surface area (Å²) in [6.45, 7) is 2.13. The van der Waals surface area contributed by atoms with Crippen LogP contribution in [-0.4, -0.2) is 32.5 Å². The van der Waals surface area contributed by atoms with Crippen LogP contribution in [0.3, 0.4) is 0 Å². The van der Waals surface area contributed by atoms with Crippen LogP contribution < -0.4 is 5.32 Å². The van der Waals surface area contributed by atoms with Crippen molar-refractivity contribution in [2.45, 2.75) is 63.2 Å². The summed E-state index contributed by atoms with van der Waals surface area (Å²) in [5.74, 6) is 0.397. The van der Waals surface area contributed by atoms with Gasteiger partial charge in [-0.1, -0.05) is 19.3 Å². The van der Waals surface area contributed by atoms with Crippen molar-refractivity contribution in [3.8, 4) is 0 Å². The molecule has 1 fully saturated rings. The van der Waals surface area contributed by atoms with Gasteiger partial charge in [0.1, 0.15) is 0 Å². The van der Waals surface area contributed by atoms with Crippen molar-refractivity contribution in [1.29, 1.82) is 0 Å². The van der Waals surface area contributed by atoms with Gasteiger partial charge in [-0.3, -0.25) is 0 Å². The molecule has 3 nitrogen and oxygen atoms in total. The molecular weight excluding hydrogens is 222 g/mol. The quantitative estimate of drug-likeness (QED) is 0.701. The van der Waals surface area contributed by atoms with Crippen LogP contribution in [0.2, 0.25) is 0 Å². The molecule has 0 heterocycles. The van der Waals surface area contributed by atoms with Crippen molar-refractivity contribution in [3.05, 3.63) is 0 Å². The van der Waals surface area contributed by atoms with E-state index in [1.807, 2.05) is 7.05 Å². The van der Waals surface area contributed by atoms with Gasteiger partial charge in [-0.05, 0) is 39.7 Å². The SMILES string of the molecule is CNC(C)CCCCS(=O)(=O)C1CCCC1. The van der Waals surface area contributed by atoms with Gasteiger partial charge in [-0.2, -0.15) is 0 Å². The predicted molar refractivity (Wildman–Crippen MR) is 68.4 cm³/mol. The lowest BCUT2D eigenvalue weighted by Gasteiger charge is -2.12. The lowest BCUT2D eigenvalue weighted by atomic mass is 10.1. The number of hydrogen-bond donors (Lipinski definition) is 1. The summed E-state index contributed by atoms with van der Waals surface area (Å²) in [5, 5.41) is 3.15. The van der Waals surface area contributed by atoms with Crippen molar-refractivity contribution in [2.24, 2.45) is 0 Å². The second-order valence-electron chi connectivity index (χ2n) is 4.96. The molecule has 0 bridgehead atoms. The van der Waals surface area contributed by atoms with Crippen LogP contribution >= 0.6 is 0 Å². The van der Waals surface area contributed by atoms with Gasteiger partial charge in [-0.15, -0.1) is 0 Å². The lowest BCUT2D eigenvalue weighted by molar-refractivity contribution is 0.531. The molecule has 1 rings (SSSR count). The summed E-state index contributed by atoms with van der Waals surface area (Å²) in [5.41, 5.74) is 0.